The summed E-state index contributed by atoms with van der Waals surface area (Å²) in [5, 5.41) is 3.38. The molecule has 0 aliphatic carbocycles. The Labute approximate surface area is 75.3 Å². The van der Waals surface area contributed by atoms with Crippen LogP contribution in [0.15, 0.2) is 4.52 Å². The Hall–Kier alpha value is -1.43. The molecule has 1 heterocycles. The molecule has 1 amide bonds. The van der Waals surface area contributed by atoms with Gasteiger partial charge in [-0.25, -0.2) is 0 Å². The molecule has 0 spiro atoms. The number of nitrogens with zero attached hydrogens (tertiary/aromatic N) is 2. The Balaban J connectivity index is 2.85. The molecule has 0 radical (unpaired) electrons. The van der Waals surface area contributed by atoms with Crippen molar-refractivity contribution in [2.45, 2.75) is 19.9 Å². The number of rotatable bonds is 3. The first-order valence-electron chi connectivity index (χ1n) is 3.91. The molecule has 1 rings (SSSR count). The van der Waals surface area contributed by atoms with Gasteiger partial charge in [-0.3, -0.25) is 4.79 Å². The van der Waals surface area contributed by atoms with Gasteiger partial charge in [-0.2, -0.15) is 4.98 Å². The van der Waals surface area contributed by atoms with Crippen molar-refractivity contribution in [3.8, 4) is 0 Å². The fraction of sp³-hybridized carbons (Fsp3) is 0.571. The van der Waals surface area contributed by atoms with E-state index in [0.29, 0.717) is 0 Å². The lowest BCUT2D eigenvalue weighted by molar-refractivity contribution is 0.0987. The summed E-state index contributed by atoms with van der Waals surface area (Å²) in [6, 6.07) is -0.361. The Bertz CT molecular complexity index is 307. The zero-order chi connectivity index (χ0) is 10.0. The van der Waals surface area contributed by atoms with Crippen molar-refractivity contribution >= 4 is 5.91 Å². The molecule has 1 aromatic heterocycles. The standard InChI is InChI=1S/C7H12N4O2/c1-3(2)4(8)7-10-6(5(9)12)11-13-7/h3-4H,8H2,1-2H3,(H2,9,12)/t4-/m1/s1. The Morgan fingerprint density at radius 1 is 1.54 bits per heavy atom. The molecule has 6 nitrogen and oxygen atoms in total. The number of amides is 1. The zero-order valence-electron chi connectivity index (χ0n) is 7.52. The van der Waals surface area contributed by atoms with E-state index in [1.807, 2.05) is 13.8 Å². The summed E-state index contributed by atoms with van der Waals surface area (Å²) in [6.07, 6.45) is 0. The summed E-state index contributed by atoms with van der Waals surface area (Å²) < 4.78 is 4.76. The second-order valence-electron chi connectivity index (χ2n) is 3.09. The normalized spacial score (nSPS) is 13.2. The van der Waals surface area contributed by atoms with Gasteiger partial charge in [0.1, 0.15) is 0 Å². The summed E-state index contributed by atoms with van der Waals surface area (Å²) in [6.45, 7) is 3.83. The van der Waals surface area contributed by atoms with Crippen molar-refractivity contribution in [2.75, 3.05) is 0 Å². The van der Waals surface area contributed by atoms with Crippen LogP contribution in [-0.4, -0.2) is 16.0 Å². The highest BCUT2D eigenvalue weighted by Crippen LogP contribution is 2.16. The van der Waals surface area contributed by atoms with E-state index in [1.165, 1.54) is 0 Å². The Kier molecular flexibility index (Phi) is 2.62. The smallest absolute Gasteiger partial charge is 0.290 e. The SMILES string of the molecule is CC(C)[C@@H](N)c1nc(C(N)=O)no1. The first-order valence-corrected chi connectivity index (χ1v) is 3.91. The van der Waals surface area contributed by atoms with Gasteiger partial charge < -0.3 is 16.0 Å². The number of aromatic nitrogens is 2. The van der Waals surface area contributed by atoms with Gasteiger partial charge in [-0.05, 0) is 5.92 Å². The predicted molar refractivity (Wildman–Crippen MR) is 44.6 cm³/mol. The summed E-state index contributed by atoms with van der Waals surface area (Å²) in [4.78, 5) is 14.4. The number of nitrogens with two attached hydrogens (primary N) is 2. The number of hydrogen-bond donors (Lipinski definition) is 2. The maximum Gasteiger partial charge on any atom is 0.290 e. The highest BCUT2D eigenvalue weighted by Gasteiger charge is 2.19. The molecule has 13 heavy (non-hydrogen) atoms. The molecule has 0 fully saturated rings. The second-order valence-corrected chi connectivity index (χ2v) is 3.09. The monoisotopic (exact) mass is 184 g/mol. The van der Waals surface area contributed by atoms with Gasteiger partial charge in [0.15, 0.2) is 0 Å². The second kappa shape index (κ2) is 3.53. The van der Waals surface area contributed by atoms with Crippen molar-refractivity contribution < 1.29 is 9.32 Å². The lowest BCUT2D eigenvalue weighted by Gasteiger charge is -2.08. The molecule has 6 heteroatoms. The predicted octanol–water partition coefficient (Wildman–Crippen LogP) is -0.176. The molecule has 0 aromatic carbocycles. The Morgan fingerprint density at radius 3 is 2.54 bits per heavy atom. The van der Waals surface area contributed by atoms with E-state index in [2.05, 4.69) is 10.1 Å². The summed E-state index contributed by atoms with van der Waals surface area (Å²) >= 11 is 0. The fourth-order valence-electron chi connectivity index (χ4n) is 0.756. The highest BCUT2D eigenvalue weighted by molar-refractivity contribution is 5.88. The lowest BCUT2D eigenvalue weighted by atomic mass is 10.1. The van der Waals surface area contributed by atoms with Crippen LogP contribution >= 0.6 is 0 Å². The van der Waals surface area contributed by atoms with Crippen LogP contribution in [0.2, 0.25) is 0 Å². The molecule has 1 atom stereocenters. The van der Waals surface area contributed by atoms with E-state index in [9.17, 15) is 4.79 Å². The van der Waals surface area contributed by atoms with Crippen LogP contribution in [0.1, 0.15) is 36.4 Å². The molecular weight excluding hydrogens is 172 g/mol. The van der Waals surface area contributed by atoms with E-state index in [0.717, 1.165) is 0 Å². The molecule has 0 saturated heterocycles. The van der Waals surface area contributed by atoms with Crippen molar-refractivity contribution in [1.29, 1.82) is 0 Å². The molecule has 0 saturated carbocycles. The van der Waals surface area contributed by atoms with E-state index in [1.54, 1.807) is 0 Å². The minimum absolute atomic E-state index is 0.133. The maximum atomic E-state index is 10.6. The van der Waals surface area contributed by atoms with Crippen molar-refractivity contribution in [1.82, 2.24) is 10.1 Å². The molecular formula is C7H12N4O2. The molecule has 4 N–H and O–H groups in total. The van der Waals surface area contributed by atoms with Crippen LogP contribution < -0.4 is 11.5 Å². The summed E-state index contributed by atoms with van der Waals surface area (Å²) in [5.41, 5.74) is 10.6. The minimum Gasteiger partial charge on any atom is -0.363 e. The van der Waals surface area contributed by atoms with E-state index in [-0.39, 0.29) is 23.7 Å². The van der Waals surface area contributed by atoms with Crippen LogP contribution in [0.4, 0.5) is 0 Å². The third-order valence-electron chi connectivity index (χ3n) is 1.67. The van der Waals surface area contributed by atoms with Gasteiger partial charge in [0, 0.05) is 0 Å². The molecule has 72 valence electrons. The van der Waals surface area contributed by atoms with Crippen molar-refractivity contribution in [3.05, 3.63) is 11.7 Å². The van der Waals surface area contributed by atoms with Gasteiger partial charge in [0.2, 0.25) is 5.89 Å². The third kappa shape index (κ3) is 2.03. The molecule has 0 aliphatic heterocycles. The topological polar surface area (TPSA) is 108 Å². The maximum absolute atomic E-state index is 10.6. The third-order valence-corrected chi connectivity index (χ3v) is 1.67. The first-order chi connectivity index (χ1) is 6.02. The molecule has 0 bridgehead atoms. The zero-order valence-corrected chi connectivity index (χ0v) is 7.52. The van der Waals surface area contributed by atoms with Crippen LogP contribution in [0, 0.1) is 5.92 Å². The largest absolute Gasteiger partial charge is 0.363 e. The quantitative estimate of drug-likeness (QED) is 0.677. The minimum atomic E-state index is -0.717. The van der Waals surface area contributed by atoms with Crippen LogP contribution in [0.25, 0.3) is 0 Å². The van der Waals surface area contributed by atoms with E-state index in [4.69, 9.17) is 16.0 Å². The fourth-order valence-corrected chi connectivity index (χ4v) is 0.756. The van der Waals surface area contributed by atoms with Gasteiger partial charge in [-0.1, -0.05) is 19.0 Å². The van der Waals surface area contributed by atoms with E-state index < -0.39 is 5.91 Å². The average molecular weight is 184 g/mol. The summed E-state index contributed by atoms with van der Waals surface area (Å²) in [5.74, 6) is -0.443. The lowest BCUT2D eigenvalue weighted by Crippen LogP contribution is -2.18. The van der Waals surface area contributed by atoms with Crippen LogP contribution in [0.3, 0.4) is 0 Å². The van der Waals surface area contributed by atoms with Crippen molar-refractivity contribution in [3.63, 3.8) is 0 Å². The number of hydrogen-bond acceptors (Lipinski definition) is 5. The Morgan fingerprint density at radius 2 is 2.15 bits per heavy atom. The highest BCUT2D eigenvalue weighted by atomic mass is 16.5. The number of carbonyl (C=O) groups is 1. The molecule has 0 unspecified atom stereocenters. The van der Waals surface area contributed by atoms with Crippen LogP contribution in [0.5, 0.6) is 0 Å². The molecule has 1 aromatic rings. The summed E-state index contributed by atoms with van der Waals surface area (Å²) in [7, 11) is 0. The van der Waals surface area contributed by atoms with Gasteiger partial charge in [0.25, 0.3) is 11.7 Å². The van der Waals surface area contributed by atoms with Crippen molar-refractivity contribution in [2.24, 2.45) is 17.4 Å². The molecule has 0 aliphatic rings. The van der Waals surface area contributed by atoms with Crippen LogP contribution in [-0.2, 0) is 0 Å². The van der Waals surface area contributed by atoms with Gasteiger partial charge in [0.05, 0.1) is 6.04 Å². The number of primary amides is 1. The van der Waals surface area contributed by atoms with Gasteiger partial charge >= 0.3 is 0 Å². The average Bonchev–Trinajstić information content (AvgIpc) is 2.50. The first kappa shape index (κ1) is 9.66. The number of carbonyl (C=O) groups excluding carboxylic acids is 1. The van der Waals surface area contributed by atoms with E-state index >= 15 is 0 Å². The van der Waals surface area contributed by atoms with Gasteiger partial charge in [-0.15, -0.1) is 0 Å².